The molecule has 88 valence electrons. The number of benzene rings is 1. The molecule has 0 aliphatic carbocycles. The van der Waals surface area contributed by atoms with Crippen LogP contribution in [0.1, 0.15) is 5.56 Å². The van der Waals surface area contributed by atoms with E-state index >= 15 is 0 Å². The fourth-order valence-corrected chi connectivity index (χ4v) is 1.68. The number of nitrogens with zero attached hydrogens (tertiary/aromatic N) is 2. The molecule has 4 heteroatoms. The Morgan fingerprint density at radius 3 is 3.12 bits per heavy atom. The van der Waals surface area contributed by atoms with Gasteiger partial charge in [0.15, 0.2) is 0 Å². The monoisotopic (exact) mass is 230 g/mol. The Hall–Kier alpha value is -1.81. The summed E-state index contributed by atoms with van der Waals surface area (Å²) in [7, 11) is 0. The highest BCUT2D eigenvalue weighted by Gasteiger charge is 2.23. The molecule has 0 amide bonds. The van der Waals surface area contributed by atoms with E-state index in [0.717, 1.165) is 18.0 Å². The summed E-state index contributed by atoms with van der Waals surface area (Å²) in [5.74, 6) is 0.851. The van der Waals surface area contributed by atoms with Gasteiger partial charge in [-0.05, 0) is 30.7 Å². The van der Waals surface area contributed by atoms with Crippen molar-refractivity contribution in [2.75, 3.05) is 13.2 Å². The fourth-order valence-electron chi connectivity index (χ4n) is 1.68. The minimum absolute atomic E-state index is 0.265. The van der Waals surface area contributed by atoms with Gasteiger partial charge >= 0.3 is 0 Å². The molecule has 0 bridgehead atoms. The fraction of sp³-hybridized carbons (Fsp3) is 0.308. The topological polar surface area (TPSA) is 39.6 Å². The Balaban J connectivity index is 1.89. The van der Waals surface area contributed by atoms with Crippen molar-refractivity contribution in [2.45, 2.75) is 13.0 Å². The summed E-state index contributed by atoms with van der Waals surface area (Å²) in [6.07, 6.45) is 3.93. The molecule has 0 saturated carbocycles. The van der Waals surface area contributed by atoms with Crippen molar-refractivity contribution in [2.24, 2.45) is 0 Å². The van der Waals surface area contributed by atoms with Crippen molar-refractivity contribution in [3.63, 3.8) is 0 Å². The Morgan fingerprint density at radius 1 is 1.53 bits per heavy atom. The molecule has 0 radical (unpaired) electrons. The first kappa shape index (κ1) is 10.4. The molecule has 2 heterocycles. The Labute approximate surface area is 99.8 Å². The van der Waals surface area contributed by atoms with E-state index in [1.165, 1.54) is 5.56 Å². The molecule has 1 aliphatic rings. The Kier molecular flexibility index (Phi) is 2.57. The van der Waals surface area contributed by atoms with Crippen molar-refractivity contribution in [3.05, 3.63) is 42.2 Å². The van der Waals surface area contributed by atoms with Crippen LogP contribution in [-0.4, -0.2) is 29.1 Å². The second-order valence-electron chi connectivity index (χ2n) is 4.19. The maximum Gasteiger partial charge on any atom is 0.145 e. The van der Waals surface area contributed by atoms with E-state index in [1.54, 1.807) is 6.20 Å². The van der Waals surface area contributed by atoms with Crippen LogP contribution in [0.4, 0.5) is 0 Å². The molecule has 0 unspecified atom stereocenters. The lowest BCUT2D eigenvalue weighted by Crippen LogP contribution is -2.07. The SMILES string of the molecule is Cc1ccc(-n2cccn2)c(OC[C@@H]2CO2)c1. The smallest absolute Gasteiger partial charge is 0.145 e. The third kappa shape index (κ3) is 2.31. The van der Waals surface area contributed by atoms with Crippen LogP contribution in [0.25, 0.3) is 5.69 Å². The largest absolute Gasteiger partial charge is 0.489 e. The molecule has 0 spiro atoms. The molecule has 1 aliphatic heterocycles. The third-order valence-electron chi connectivity index (χ3n) is 2.69. The third-order valence-corrected chi connectivity index (χ3v) is 2.69. The summed E-state index contributed by atoms with van der Waals surface area (Å²) < 4.78 is 12.7. The number of epoxide rings is 1. The lowest BCUT2D eigenvalue weighted by atomic mass is 10.2. The van der Waals surface area contributed by atoms with Crippen molar-refractivity contribution >= 4 is 0 Å². The molecule has 17 heavy (non-hydrogen) atoms. The molecule has 1 aromatic carbocycles. The quantitative estimate of drug-likeness (QED) is 0.754. The lowest BCUT2D eigenvalue weighted by molar-refractivity contribution is 0.262. The number of hydrogen-bond acceptors (Lipinski definition) is 3. The van der Waals surface area contributed by atoms with Gasteiger partial charge in [-0.15, -0.1) is 0 Å². The van der Waals surface area contributed by atoms with Gasteiger partial charge in [0.05, 0.1) is 6.61 Å². The predicted octanol–water partition coefficient (Wildman–Crippen LogP) is 1.96. The van der Waals surface area contributed by atoms with Crippen molar-refractivity contribution in [1.29, 1.82) is 0 Å². The van der Waals surface area contributed by atoms with Gasteiger partial charge in [0.1, 0.15) is 24.1 Å². The van der Waals surface area contributed by atoms with Crippen LogP contribution in [0, 0.1) is 6.92 Å². The van der Waals surface area contributed by atoms with Gasteiger partial charge in [-0.3, -0.25) is 0 Å². The summed E-state index contributed by atoms with van der Waals surface area (Å²) in [6.45, 7) is 3.47. The van der Waals surface area contributed by atoms with Crippen LogP contribution in [0.2, 0.25) is 0 Å². The molecule has 1 atom stereocenters. The Morgan fingerprint density at radius 2 is 2.41 bits per heavy atom. The number of aryl methyl sites for hydroxylation is 1. The van der Waals surface area contributed by atoms with Crippen LogP contribution in [0.5, 0.6) is 5.75 Å². The van der Waals surface area contributed by atoms with Gasteiger partial charge < -0.3 is 9.47 Å². The molecular weight excluding hydrogens is 216 g/mol. The normalized spacial score (nSPS) is 18.1. The average Bonchev–Trinajstić information content (AvgIpc) is 3.00. The van der Waals surface area contributed by atoms with Gasteiger partial charge in [-0.1, -0.05) is 6.07 Å². The number of aromatic nitrogens is 2. The average molecular weight is 230 g/mol. The second kappa shape index (κ2) is 4.22. The Bertz CT molecular complexity index is 504. The zero-order valence-corrected chi connectivity index (χ0v) is 9.67. The maximum atomic E-state index is 5.78. The van der Waals surface area contributed by atoms with E-state index in [1.807, 2.05) is 36.0 Å². The van der Waals surface area contributed by atoms with Crippen molar-refractivity contribution in [3.8, 4) is 11.4 Å². The standard InChI is InChI=1S/C13H14N2O2/c1-10-3-4-12(15-6-2-5-14-15)13(7-10)17-9-11-8-16-11/h2-7,11H,8-9H2,1H3/t11-/m0/s1. The highest BCUT2D eigenvalue weighted by Crippen LogP contribution is 2.25. The van der Waals surface area contributed by atoms with E-state index in [9.17, 15) is 0 Å². The van der Waals surface area contributed by atoms with Crippen LogP contribution >= 0.6 is 0 Å². The molecular formula is C13H14N2O2. The summed E-state index contributed by atoms with van der Waals surface area (Å²) in [4.78, 5) is 0. The van der Waals surface area contributed by atoms with Crippen LogP contribution in [0.15, 0.2) is 36.7 Å². The van der Waals surface area contributed by atoms with Crippen LogP contribution < -0.4 is 4.74 Å². The lowest BCUT2D eigenvalue weighted by Gasteiger charge is -2.11. The molecule has 1 fully saturated rings. The van der Waals surface area contributed by atoms with Gasteiger partial charge in [-0.25, -0.2) is 4.68 Å². The first-order valence-corrected chi connectivity index (χ1v) is 5.68. The van der Waals surface area contributed by atoms with Crippen molar-refractivity contribution < 1.29 is 9.47 Å². The molecule has 1 saturated heterocycles. The first-order chi connectivity index (χ1) is 8.33. The van der Waals surface area contributed by atoms with Gasteiger partial charge in [0.25, 0.3) is 0 Å². The molecule has 1 aromatic heterocycles. The molecule has 2 aromatic rings. The van der Waals surface area contributed by atoms with Crippen molar-refractivity contribution in [1.82, 2.24) is 9.78 Å². The summed E-state index contributed by atoms with van der Waals surface area (Å²) in [5, 5.41) is 4.22. The number of ether oxygens (including phenoxy) is 2. The highest BCUT2D eigenvalue weighted by molar-refractivity contribution is 5.48. The van der Waals surface area contributed by atoms with E-state index in [4.69, 9.17) is 9.47 Å². The van der Waals surface area contributed by atoms with Gasteiger partial charge in [-0.2, -0.15) is 5.10 Å². The molecule has 3 rings (SSSR count). The summed E-state index contributed by atoms with van der Waals surface area (Å²) in [5.41, 5.74) is 2.13. The predicted molar refractivity (Wildman–Crippen MR) is 63.5 cm³/mol. The van der Waals surface area contributed by atoms with E-state index < -0.39 is 0 Å². The van der Waals surface area contributed by atoms with E-state index in [2.05, 4.69) is 11.2 Å². The summed E-state index contributed by atoms with van der Waals surface area (Å²) >= 11 is 0. The van der Waals surface area contributed by atoms with Gasteiger partial charge in [0.2, 0.25) is 0 Å². The summed E-state index contributed by atoms with van der Waals surface area (Å²) in [6, 6.07) is 8.00. The zero-order chi connectivity index (χ0) is 11.7. The van der Waals surface area contributed by atoms with Gasteiger partial charge in [0, 0.05) is 12.4 Å². The van der Waals surface area contributed by atoms with E-state index in [0.29, 0.717) is 6.61 Å². The minimum Gasteiger partial charge on any atom is -0.489 e. The zero-order valence-electron chi connectivity index (χ0n) is 9.67. The van der Waals surface area contributed by atoms with Crippen LogP contribution in [-0.2, 0) is 4.74 Å². The molecule has 4 nitrogen and oxygen atoms in total. The maximum absolute atomic E-state index is 5.78. The number of hydrogen-bond donors (Lipinski definition) is 0. The van der Waals surface area contributed by atoms with E-state index in [-0.39, 0.29) is 6.10 Å². The molecule has 0 N–H and O–H groups in total. The first-order valence-electron chi connectivity index (χ1n) is 5.68. The minimum atomic E-state index is 0.265. The number of rotatable bonds is 4. The van der Waals surface area contributed by atoms with Crippen LogP contribution in [0.3, 0.4) is 0 Å². The second-order valence-corrected chi connectivity index (χ2v) is 4.19. The highest BCUT2D eigenvalue weighted by atomic mass is 16.6.